The molecule has 1 rings (SSSR count). The molecular weight excluding hydrogens is 522 g/mol. The van der Waals surface area contributed by atoms with E-state index in [1.807, 2.05) is 0 Å². The lowest BCUT2D eigenvalue weighted by Gasteiger charge is -2.22. The Labute approximate surface area is 235 Å². The number of anilines is 1. The summed E-state index contributed by atoms with van der Waals surface area (Å²) in [6.07, 6.45) is -0.376. The Morgan fingerprint density at radius 2 is 1.50 bits per heavy atom. The molecule has 14 heteroatoms. The van der Waals surface area contributed by atoms with Crippen LogP contribution >= 0.6 is 0 Å². The van der Waals surface area contributed by atoms with Gasteiger partial charge in [0.2, 0.25) is 11.8 Å². The van der Waals surface area contributed by atoms with E-state index < -0.39 is 42.1 Å². The maximum absolute atomic E-state index is 12.9. The summed E-state index contributed by atoms with van der Waals surface area (Å²) in [7, 11) is 3.14. The average molecular weight is 566 g/mol. The molecule has 14 nitrogen and oxygen atoms in total. The molecule has 0 bridgehead atoms. The summed E-state index contributed by atoms with van der Waals surface area (Å²) in [4.78, 5) is 63.0. The maximum Gasteiger partial charge on any atom is 0.409 e. The van der Waals surface area contributed by atoms with Crippen LogP contribution in [0.1, 0.15) is 39.2 Å². The minimum absolute atomic E-state index is 0.00372. The molecule has 1 aromatic rings. The molecule has 40 heavy (non-hydrogen) atoms. The third-order valence-electron chi connectivity index (χ3n) is 5.87. The van der Waals surface area contributed by atoms with Crippen LogP contribution in [0, 0.1) is 5.92 Å². The molecule has 0 radical (unpaired) electrons. The highest BCUT2D eigenvalue weighted by molar-refractivity contribution is 5.97. The summed E-state index contributed by atoms with van der Waals surface area (Å²) in [5.41, 5.74) is 12.2. The Hall–Kier alpha value is -4.07. The van der Waals surface area contributed by atoms with Crippen molar-refractivity contribution in [1.82, 2.24) is 20.4 Å². The first kappa shape index (κ1) is 34.0. The van der Waals surface area contributed by atoms with Gasteiger partial charge in [-0.2, -0.15) is 0 Å². The van der Waals surface area contributed by atoms with Gasteiger partial charge in [0.15, 0.2) is 0 Å². The highest BCUT2D eigenvalue weighted by atomic mass is 16.6. The lowest BCUT2D eigenvalue weighted by Crippen LogP contribution is -2.51. The number of nitrogens with two attached hydrogens (primary N) is 2. The predicted octanol–water partition coefficient (Wildman–Crippen LogP) is 1.20. The van der Waals surface area contributed by atoms with E-state index in [2.05, 4.69) is 16.0 Å². The van der Waals surface area contributed by atoms with E-state index in [4.69, 9.17) is 20.9 Å². The fourth-order valence-corrected chi connectivity index (χ4v) is 3.24. The van der Waals surface area contributed by atoms with Crippen molar-refractivity contribution in [2.24, 2.45) is 17.4 Å². The number of hydrogen-bond donors (Lipinski definition) is 5. The van der Waals surface area contributed by atoms with Gasteiger partial charge in [0.1, 0.15) is 12.6 Å². The second-order valence-corrected chi connectivity index (χ2v) is 9.55. The molecule has 0 aliphatic heterocycles. The number of benzene rings is 1. The Morgan fingerprint density at radius 1 is 0.925 bits per heavy atom. The third-order valence-corrected chi connectivity index (χ3v) is 5.87. The van der Waals surface area contributed by atoms with Gasteiger partial charge in [-0.25, -0.2) is 14.4 Å². The summed E-state index contributed by atoms with van der Waals surface area (Å²) in [6, 6.07) is 4.33. The summed E-state index contributed by atoms with van der Waals surface area (Å²) in [5.74, 6) is -1.02. The number of carbonyl (C=O) groups is 5. The number of nitrogens with zero attached hydrogens (tertiary/aromatic N) is 2. The highest BCUT2D eigenvalue weighted by Gasteiger charge is 2.25. The standard InChI is InChI=1S/C26H43N7O7/c1-6-39-25(37)32(4)14-15-33(5)26(38)40-16-18-9-11-19(12-10-18)30-22(34)20(8-7-13-29-24(28)36)31-23(35)21(27)17(2)3/h9-12,17,20-21H,6-8,13-16,27H2,1-5H3,(H,30,34)(H,31,35)(H3,28,29,36). The molecule has 0 heterocycles. The van der Waals surface area contributed by atoms with Crippen LogP contribution in [0.3, 0.4) is 0 Å². The van der Waals surface area contributed by atoms with Crippen molar-refractivity contribution in [3.8, 4) is 0 Å². The van der Waals surface area contributed by atoms with Crippen LogP contribution < -0.4 is 27.4 Å². The van der Waals surface area contributed by atoms with Gasteiger partial charge in [-0.1, -0.05) is 26.0 Å². The predicted molar refractivity (Wildman–Crippen MR) is 149 cm³/mol. The van der Waals surface area contributed by atoms with Crippen LogP contribution in [-0.4, -0.2) is 92.3 Å². The second-order valence-electron chi connectivity index (χ2n) is 9.55. The van der Waals surface area contributed by atoms with E-state index in [-0.39, 0.29) is 45.2 Å². The molecule has 0 aliphatic carbocycles. The summed E-state index contributed by atoms with van der Waals surface area (Å²) in [6.45, 7) is 6.38. The van der Waals surface area contributed by atoms with Gasteiger partial charge in [0.05, 0.1) is 12.6 Å². The van der Waals surface area contributed by atoms with Crippen LogP contribution in [0.4, 0.5) is 20.1 Å². The van der Waals surface area contributed by atoms with Crippen molar-refractivity contribution in [3.05, 3.63) is 29.8 Å². The topological polar surface area (TPSA) is 198 Å². The van der Waals surface area contributed by atoms with Crippen LogP contribution in [-0.2, 0) is 25.7 Å². The molecule has 1 aromatic carbocycles. The zero-order chi connectivity index (χ0) is 30.2. The lowest BCUT2D eigenvalue weighted by molar-refractivity contribution is -0.128. The number of hydrogen-bond acceptors (Lipinski definition) is 8. The van der Waals surface area contributed by atoms with Crippen molar-refractivity contribution in [1.29, 1.82) is 0 Å². The largest absolute Gasteiger partial charge is 0.450 e. The molecule has 2 unspecified atom stereocenters. The van der Waals surface area contributed by atoms with Crippen LogP contribution in [0.15, 0.2) is 24.3 Å². The normalized spacial score (nSPS) is 12.1. The Kier molecular flexibility index (Phi) is 14.9. The van der Waals surface area contributed by atoms with Crippen molar-refractivity contribution < 1.29 is 33.4 Å². The first-order valence-electron chi connectivity index (χ1n) is 13.1. The molecule has 6 amide bonds. The number of nitrogens with one attached hydrogen (secondary N) is 3. The van der Waals surface area contributed by atoms with Crippen molar-refractivity contribution >= 4 is 35.7 Å². The molecule has 7 N–H and O–H groups in total. The molecule has 0 saturated carbocycles. The quantitative estimate of drug-likeness (QED) is 0.195. The molecule has 2 atom stereocenters. The van der Waals surface area contributed by atoms with E-state index in [0.717, 1.165) is 0 Å². The number of likely N-dealkylation sites (N-methyl/N-ethyl adjacent to an activating group) is 2. The molecular formula is C26H43N7O7. The molecule has 0 spiro atoms. The van der Waals surface area contributed by atoms with E-state index >= 15 is 0 Å². The molecule has 0 aromatic heterocycles. The second kappa shape index (κ2) is 17.5. The molecule has 224 valence electrons. The van der Waals surface area contributed by atoms with Crippen molar-refractivity contribution in [2.75, 3.05) is 45.7 Å². The van der Waals surface area contributed by atoms with Crippen LogP contribution in [0.5, 0.6) is 0 Å². The Bertz CT molecular complexity index is 988. The number of urea groups is 1. The number of rotatable bonds is 15. The number of carbonyl (C=O) groups excluding carboxylic acids is 5. The third kappa shape index (κ3) is 12.7. The zero-order valence-corrected chi connectivity index (χ0v) is 23.9. The fraction of sp³-hybridized carbons (Fsp3) is 0.577. The van der Waals surface area contributed by atoms with E-state index in [9.17, 15) is 24.0 Å². The van der Waals surface area contributed by atoms with E-state index in [0.29, 0.717) is 17.7 Å². The first-order chi connectivity index (χ1) is 18.8. The lowest BCUT2D eigenvalue weighted by atomic mass is 10.0. The molecule has 0 saturated heterocycles. The zero-order valence-electron chi connectivity index (χ0n) is 23.9. The fourth-order valence-electron chi connectivity index (χ4n) is 3.24. The summed E-state index contributed by atoms with van der Waals surface area (Å²) >= 11 is 0. The minimum Gasteiger partial charge on any atom is -0.450 e. The van der Waals surface area contributed by atoms with E-state index in [1.165, 1.54) is 9.80 Å². The van der Waals surface area contributed by atoms with E-state index in [1.54, 1.807) is 59.1 Å². The Morgan fingerprint density at radius 3 is 2.02 bits per heavy atom. The molecule has 0 fully saturated rings. The SMILES string of the molecule is CCOC(=O)N(C)CCN(C)C(=O)OCc1ccc(NC(=O)C(CCCNC(N)=O)NC(=O)C(N)C(C)C)cc1. The van der Waals surface area contributed by atoms with Gasteiger partial charge in [0, 0.05) is 39.4 Å². The number of ether oxygens (including phenoxy) is 2. The number of amides is 6. The van der Waals surface area contributed by atoms with Gasteiger partial charge in [0.25, 0.3) is 0 Å². The smallest absolute Gasteiger partial charge is 0.409 e. The van der Waals surface area contributed by atoms with Gasteiger partial charge >= 0.3 is 18.2 Å². The summed E-state index contributed by atoms with van der Waals surface area (Å²) < 4.78 is 10.2. The highest BCUT2D eigenvalue weighted by Crippen LogP contribution is 2.13. The van der Waals surface area contributed by atoms with Crippen LogP contribution in [0.2, 0.25) is 0 Å². The van der Waals surface area contributed by atoms with Gasteiger partial charge in [-0.3, -0.25) is 9.59 Å². The molecule has 0 aliphatic rings. The number of primary amides is 1. The monoisotopic (exact) mass is 565 g/mol. The van der Waals surface area contributed by atoms with Gasteiger partial charge in [-0.15, -0.1) is 0 Å². The first-order valence-corrected chi connectivity index (χ1v) is 13.1. The Balaban J connectivity index is 2.66. The minimum atomic E-state index is -0.883. The summed E-state index contributed by atoms with van der Waals surface area (Å²) in [5, 5.41) is 7.88. The average Bonchev–Trinajstić information content (AvgIpc) is 2.91. The van der Waals surface area contributed by atoms with Crippen molar-refractivity contribution in [2.45, 2.75) is 52.3 Å². The maximum atomic E-state index is 12.9. The van der Waals surface area contributed by atoms with Gasteiger partial charge < -0.3 is 46.7 Å². The van der Waals surface area contributed by atoms with Gasteiger partial charge in [-0.05, 0) is 43.4 Å². The van der Waals surface area contributed by atoms with Crippen LogP contribution in [0.25, 0.3) is 0 Å². The van der Waals surface area contributed by atoms with Crippen molar-refractivity contribution in [3.63, 3.8) is 0 Å².